The molecule has 17 heteroatoms. The van der Waals surface area contributed by atoms with Gasteiger partial charge in [0.2, 0.25) is 5.28 Å². The van der Waals surface area contributed by atoms with Crippen LogP contribution >= 0.6 is 28.4 Å². The molecule has 0 spiro atoms. The molecule has 0 amide bonds. The fraction of sp³-hybridized carbons (Fsp3) is 0.581. The van der Waals surface area contributed by atoms with Crippen molar-refractivity contribution >= 4 is 45.2 Å². The number of ether oxygens (including phenoxy) is 5. The van der Waals surface area contributed by atoms with Crippen LogP contribution in [0.4, 0.5) is 5.82 Å². The quantitative estimate of drug-likeness (QED) is 0.0628. The van der Waals surface area contributed by atoms with Gasteiger partial charge in [-0.15, -0.1) is 6.42 Å². The Kier molecular flexibility index (Phi) is 15.0. The third kappa shape index (κ3) is 10.5. The van der Waals surface area contributed by atoms with Crippen LogP contribution in [0, 0.1) is 12.3 Å². The highest BCUT2D eigenvalue weighted by Crippen LogP contribution is 2.45. The summed E-state index contributed by atoms with van der Waals surface area (Å²) in [5.74, 6) is 2.91. The largest absolute Gasteiger partial charge is 0.377 e. The number of aryl methyl sites for hydroxylation is 1. The van der Waals surface area contributed by atoms with E-state index in [1.165, 1.54) is 11.1 Å². The van der Waals surface area contributed by atoms with E-state index in [1.807, 2.05) is 0 Å². The highest BCUT2D eigenvalue weighted by Gasteiger charge is 2.33. The first kappa shape index (κ1) is 37.2. The van der Waals surface area contributed by atoms with Crippen LogP contribution in [0.3, 0.4) is 0 Å². The molecule has 0 bridgehead atoms. The van der Waals surface area contributed by atoms with E-state index in [4.69, 9.17) is 61.0 Å². The van der Waals surface area contributed by atoms with Crippen molar-refractivity contribution in [1.29, 1.82) is 0 Å². The molecule has 262 valence electrons. The minimum Gasteiger partial charge on any atom is -0.377 e. The molecule has 2 aromatic heterocycles. The Labute approximate surface area is 287 Å². The SMILES string of the molecule is C#CCOCCOCCOCCOCCN(c1nc(Cl)nc2c1cnn2C1CCC(COP(O)CP(O)O)O1)C1CCc2ccccc21. The minimum absolute atomic E-state index is 0.0665. The third-order valence-corrected chi connectivity index (χ3v) is 10.5. The summed E-state index contributed by atoms with van der Waals surface area (Å²) in [6.07, 6.45) is 9.40. The van der Waals surface area contributed by atoms with Crippen LogP contribution in [-0.4, -0.2) is 112 Å². The van der Waals surface area contributed by atoms with E-state index in [9.17, 15) is 4.89 Å². The van der Waals surface area contributed by atoms with Gasteiger partial charge in [-0.05, 0) is 48.4 Å². The maximum atomic E-state index is 9.91. The second-order valence-corrected chi connectivity index (χ2v) is 14.3. The molecule has 4 unspecified atom stereocenters. The van der Waals surface area contributed by atoms with Gasteiger partial charge >= 0.3 is 0 Å². The number of benzene rings is 1. The van der Waals surface area contributed by atoms with Crippen LogP contribution in [0.25, 0.3) is 11.0 Å². The van der Waals surface area contributed by atoms with Crippen LogP contribution in [0.1, 0.15) is 42.7 Å². The summed E-state index contributed by atoms with van der Waals surface area (Å²) < 4.78 is 35.6. The first-order valence-corrected chi connectivity index (χ1v) is 19.0. The Balaban J connectivity index is 1.21. The number of terminal acetylenes is 1. The van der Waals surface area contributed by atoms with Gasteiger partial charge in [-0.1, -0.05) is 30.2 Å². The molecule has 1 saturated heterocycles. The minimum atomic E-state index is -2.22. The van der Waals surface area contributed by atoms with Crippen LogP contribution in [-0.2, 0) is 34.6 Å². The topological polar surface area (TPSA) is 163 Å². The molecule has 1 aliphatic heterocycles. The van der Waals surface area contributed by atoms with Crippen molar-refractivity contribution in [3.63, 3.8) is 0 Å². The molecule has 0 saturated carbocycles. The number of halogens is 1. The van der Waals surface area contributed by atoms with Crippen molar-refractivity contribution in [2.45, 2.75) is 44.1 Å². The number of anilines is 1. The van der Waals surface area contributed by atoms with Crippen molar-refractivity contribution in [2.75, 3.05) is 76.8 Å². The Bertz CT molecular complexity index is 1480. The zero-order valence-electron chi connectivity index (χ0n) is 26.6. The second-order valence-electron chi connectivity index (χ2n) is 11.1. The van der Waals surface area contributed by atoms with E-state index in [2.05, 4.69) is 45.2 Å². The van der Waals surface area contributed by atoms with Gasteiger partial charge in [0.05, 0.1) is 82.5 Å². The van der Waals surface area contributed by atoms with E-state index in [-0.39, 0.29) is 36.5 Å². The van der Waals surface area contributed by atoms with Crippen LogP contribution in [0.5, 0.6) is 0 Å². The standard InChI is InChI=1S/C31H42ClN5O9P2/c1-2-12-41-14-16-43-18-19-44-17-15-42-13-11-36(27-9-7-23-5-3-4-6-25(23)27)29-26-20-33-37(30(26)35-31(32)34-29)28-10-8-24(46-28)21-45-48(40)22-47(38)39/h1,3-6,20,24,27-28,38-40H,7-19,21-22H2. The molecule has 3 heterocycles. The molecule has 4 atom stereocenters. The number of hydrogen-bond donors (Lipinski definition) is 3. The summed E-state index contributed by atoms with van der Waals surface area (Å²) >= 11 is 6.56. The monoisotopic (exact) mass is 725 g/mol. The van der Waals surface area contributed by atoms with Crippen LogP contribution < -0.4 is 4.90 Å². The van der Waals surface area contributed by atoms with E-state index < -0.39 is 23.0 Å². The van der Waals surface area contributed by atoms with Crippen molar-refractivity contribution in [3.8, 4) is 12.3 Å². The number of hydrogen-bond acceptors (Lipinski definition) is 13. The fourth-order valence-electron chi connectivity index (χ4n) is 5.84. The molecule has 3 N–H and O–H groups in total. The highest BCUT2D eigenvalue weighted by atomic mass is 35.5. The molecule has 5 rings (SSSR count). The Hall–Kier alpha value is -2.08. The van der Waals surface area contributed by atoms with Crippen molar-refractivity contribution < 1.29 is 42.9 Å². The van der Waals surface area contributed by atoms with Crippen molar-refractivity contribution in [1.82, 2.24) is 19.7 Å². The summed E-state index contributed by atoms with van der Waals surface area (Å²) in [5, 5.41) is 5.50. The van der Waals surface area contributed by atoms with Crippen LogP contribution in [0.15, 0.2) is 30.5 Å². The Morgan fingerprint density at radius 1 is 0.979 bits per heavy atom. The second kappa shape index (κ2) is 19.3. The zero-order chi connectivity index (χ0) is 33.7. The van der Waals surface area contributed by atoms with Gasteiger partial charge in [0.25, 0.3) is 0 Å². The number of fused-ring (bicyclic) bond motifs is 2. The van der Waals surface area contributed by atoms with Crippen molar-refractivity contribution in [2.24, 2.45) is 0 Å². The average Bonchev–Trinajstić information content (AvgIpc) is 3.82. The highest BCUT2D eigenvalue weighted by molar-refractivity contribution is 7.63. The summed E-state index contributed by atoms with van der Waals surface area (Å²) in [6.45, 7) is 4.14. The van der Waals surface area contributed by atoms with Gasteiger partial charge < -0.3 is 47.8 Å². The summed E-state index contributed by atoms with van der Waals surface area (Å²) in [5.41, 5.74) is 3.12. The van der Waals surface area contributed by atoms with Gasteiger partial charge in [-0.25, -0.2) is 4.68 Å². The smallest absolute Gasteiger partial charge is 0.226 e. The molecule has 1 fully saturated rings. The third-order valence-electron chi connectivity index (χ3n) is 7.95. The molecule has 1 aromatic carbocycles. The normalized spacial score (nSPS) is 19.6. The molecular formula is C31H42ClN5O9P2. The summed E-state index contributed by atoms with van der Waals surface area (Å²) in [4.78, 5) is 39.7. The van der Waals surface area contributed by atoms with E-state index in [0.29, 0.717) is 77.1 Å². The maximum absolute atomic E-state index is 9.91. The van der Waals surface area contributed by atoms with E-state index in [0.717, 1.165) is 18.2 Å². The predicted octanol–water partition coefficient (Wildman–Crippen LogP) is 3.93. The molecule has 0 radical (unpaired) electrons. The molecule has 1 aliphatic carbocycles. The lowest BCUT2D eigenvalue weighted by molar-refractivity contribution is -0.0213. The van der Waals surface area contributed by atoms with Gasteiger partial charge in [-0.3, -0.25) is 0 Å². The molecule has 14 nitrogen and oxygen atoms in total. The van der Waals surface area contributed by atoms with Gasteiger partial charge in [-0.2, -0.15) is 15.1 Å². The van der Waals surface area contributed by atoms with Gasteiger partial charge in [0.1, 0.15) is 12.4 Å². The van der Waals surface area contributed by atoms with Gasteiger partial charge in [0.15, 0.2) is 28.6 Å². The fourth-order valence-corrected chi connectivity index (χ4v) is 7.53. The number of nitrogens with zero attached hydrogens (tertiary/aromatic N) is 5. The molecule has 48 heavy (non-hydrogen) atoms. The first-order chi connectivity index (χ1) is 23.4. The number of aromatic nitrogens is 4. The number of rotatable bonds is 21. The van der Waals surface area contributed by atoms with E-state index >= 15 is 0 Å². The van der Waals surface area contributed by atoms with Crippen LogP contribution in [0.2, 0.25) is 5.28 Å². The average molecular weight is 726 g/mol. The summed E-state index contributed by atoms with van der Waals surface area (Å²) in [6, 6.07) is 8.52. The summed E-state index contributed by atoms with van der Waals surface area (Å²) in [7, 11) is -4.15. The molecular weight excluding hydrogens is 684 g/mol. The lowest BCUT2D eigenvalue weighted by Gasteiger charge is -2.31. The van der Waals surface area contributed by atoms with Crippen molar-refractivity contribution in [3.05, 3.63) is 46.9 Å². The van der Waals surface area contributed by atoms with E-state index in [1.54, 1.807) is 10.9 Å². The zero-order valence-corrected chi connectivity index (χ0v) is 29.1. The lowest BCUT2D eigenvalue weighted by atomic mass is 10.1. The van der Waals surface area contributed by atoms with Gasteiger partial charge in [0, 0.05) is 6.54 Å². The predicted molar refractivity (Wildman–Crippen MR) is 182 cm³/mol. The first-order valence-electron chi connectivity index (χ1n) is 15.8. The lowest BCUT2D eigenvalue weighted by Crippen LogP contribution is -2.32. The Morgan fingerprint density at radius 2 is 1.71 bits per heavy atom. The molecule has 3 aromatic rings. The molecule has 2 aliphatic rings. The maximum Gasteiger partial charge on any atom is 0.226 e. The Morgan fingerprint density at radius 3 is 2.46 bits per heavy atom.